The van der Waals surface area contributed by atoms with Gasteiger partial charge in [0.2, 0.25) is 6.23 Å². The Bertz CT molecular complexity index is 1700. The fourth-order valence-corrected chi connectivity index (χ4v) is 3.90. The van der Waals surface area contributed by atoms with E-state index in [2.05, 4.69) is 20.2 Å². The van der Waals surface area contributed by atoms with Crippen molar-refractivity contribution in [2.45, 2.75) is 46.7 Å². The lowest BCUT2D eigenvalue weighted by molar-refractivity contribution is -0.158. The van der Waals surface area contributed by atoms with Gasteiger partial charge in [-0.2, -0.15) is 18.4 Å². The van der Waals surface area contributed by atoms with Crippen LogP contribution in [-0.2, 0) is 31.8 Å². The summed E-state index contributed by atoms with van der Waals surface area (Å²) in [6, 6.07) is 16.5. The molecule has 2 heterocycles. The van der Waals surface area contributed by atoms with Gasteiger partial charge in [0.1, 0.15) is 30.7 Å². The van der Waals surface area contributed by atoms with Gasteiger partial charge in [0.25, 0.3) is 0 Å². The second-order valence-electron chi connectivity index (χ2n) is 10.4. The quantitative estimate of drug-likeness (QED) is 0.206. The number of hydrogen-bond acceptors (Lipinski definition) is 10. The first kappa shape index (κ1) is 31.6. The molecule has 0 amide bonds. The highest BCUT2D eigenvalue weighted by Crippen LogP contribution is 2.31. The molecular weight excluding hydrogens is 581 g/mol. The van der Waals surface area contributed by atoms with Gasteiger partial charge in [-0.25, -0.2) is 14.8 Å². The smallest absolute Gasteiger partial charge is 0.460 e. The van der Waals surface area contributed by atoms with Crippen LogP contribution < -0.4 is 0 Å². The molecule has 0 saturated heterocycles. The second-order valence-corrected chi connectivity index (χ2v) is 10.4. The molecule has 1 unspecified atom stereocenters. The van der Waals surface area contributed by atoms with Crippen LogP contribution in [0.4, 0.5) is 18.0 Å². The molecule has 14 heteroatoms. The molecule has 4 rings (SSSR count). The fraction of sp³-hybridized carbons (Fsp3) is 0.300. The van der Waals surface area contributed by atoms with E-state index in [1.165, 1.54) is 13.0 Å². The Morgan fingerprint density at radius 2 is 1.73 bits per heavy atom. The van der Waals surface area contributed by atoms with Gasteiger partial charge >= 0.3 is 18.3 Å². The highest BCUT2D eigenvalue weighted by molar-refractivity contribution is 5.76. The number of ether oxygens (including phenoxy) is 3. The molecule has 0 aliphatic carbocycles. The zero-order valence-corrected chi connectivity index (χ0v) is 24.1. The van der Waals surface area contributed by atoms with Crippen LogP contribution in [0.25, 0.3) is 22.6 Å². The molecule has 1 atom stereocenters. The van der Waals surface area contributed by atoms with Gasteiger partial charge in [-0.05, 0) is 63.1 Å². The Balaban J connectivity index is 1.44. The number of hydrogen-bond donors (Lipinski definition) is 0. The molecule has 11 nitrogen and oxygen atoms in total. The Kier molecular flexibility index (Phi) is 9.27. The van der Waals surface area contributed by atoms with Gasteiger partial charge in [-0.15, -0.1) is 15.0 Å². The molecule has 0 aliphatic heterocycles. The van der Waals surface area contributed by atoms with Crippen LogP contribution in [0.3, 0.4) is 0 Å². The normalized spacial score (nSPS) is 12.2. The first-order chi connectivity index (χ1) is 20.8. The third kappa shape index (κ3) is 7.74. The number of aryl methyl sites for hydroxylation is 1. The summed E-state index contributed by atoms with van der Waals surface area (Å²) in [5, 5.41) is 18.1. The number of carbonyl (C=O) groups is 2. The number of benzene rings is 2. The maximum absolute atomic E-state index is 13.2. The number of nitriles is 1. The van der Waals surface area contributed by atoms with E-state index in [1.54, 1.807) is 32.9 Å². The van der Waals surface area contributed by atoms with Gasteiger partial charge in [0.05, 0.1) is 5.41 Å². The monoisotopic (exact) mass is 608 g/mol. The van der Waals surface area contributed by atoms with E-state index in [9.17, 15) is 28.0 Å². The standard InChI is InChI=1S/C30H27F3N6O5/c1-18-12-21(14-22(13-18)26-35-11-10-24(36-26)30(31,32)33)25-23(15-34)37-39(38-25)19(2)44-28(41)43-17-29(3,4)27(40)42-16-20-8-6-5-7-9-20/h5-14,19H,16-17H2,1-4H3. The van der Waals surface area contributed by atoms with Crippen molar-refractivity contribution < 1.29 is 37.0 Å². The van der Waals surface area contributed by atoms with Crippen LogP contribution in [0.15, 0.2) is 60.8 Å². The lowest BCUT2D eigenvalue weighted by Gasteiger charge is -2.22. The van der Waals surface area contributed by atoms with Crippen molar-refractivity contribution in [2.75, 3.05) is 6.61 Å². The predicted molar refractivity (Wildman–Crippen MR) is 148 cm³/mol. The van der Waals surface area contributed by atoms with Crippen molar-refractivity contribution in [1.29, 1.82) is 5.26 Å². The van der Waals surface area contributed by atoms with Crippen LogP contribution in [0, 0.1) is 23.7 Å². The summed E-state index contributed by atoms with van der Waals surface area (Å²) in [6.45, 7) is 5.98. The first-order valence-corrected chi connectivity index (χ1v) is 13.2. The minimum atomic E-state index is -4.65. The van der Waals surface area contributed by atoms with E-state index in [0.29, 0.717) is 11.1 Å². The van der Waals surface area contributed by atoms with E-state index >= 15 is 0 Å². The minimum Gasteiger partial charge on any atom is -0.460 e. The van der Waals surface area contributed by atoms with E-state index in [4.69, 9.17) is 14.2 Å². The van der Waals surface area contributed by atoms with Crippen molar-refractivity contribution in [2.24, 2.45) is 5.41 Å². The Morgan fingerprint density at radius 3 is 2.41 bits per heavy atom. The van der Waals surface area contributed by atoms with Crippen molar-refractivity contribution >= 4 is 12.1 Å². The summed E-state index contributed by atoms with van der Waals surface area (Å²) in [4.78, 5) is 33.5. The predicted octanol–water partition coefficient (Wildman–Crippen LogP) is 6.04. The van der Waals surface area contributed by atoms with E-state index in [0.717, 1.165) is 22.6 Å². The van der Waals surface area contributed by atoms with E-state index < -0.39 is 35.6 Å². The molecule has 0 N–H and O–H groups in total. The lowest BCUT2D eigenvalue weighted by atomic mass is 9.95. The van der Waals surface area contributed by atoms with E-state index in [1.807, 2.05) is 36.4 Å². The molecule has 0 spiro atoms. The highest BCUT2D eigenvalue weighted by Gasteiger charge is 2.33. The SMILES string of the molecule is Cc1cc(-c2nccc(C(F)(F)F)n2)cc(-c2nn(C(C)OC(=O)OCC(C)(C)C(=O)OCc3ccccc3)nc2C#N)c1. The molecule has 0 fully saturated rings. The maximum atomic E-state index is 13.2. The zero-order chi connectivity index (χ0) is 32.1. The number of halogens is 3. The average molecular weight is 609 g/mol. The van der Waals surface area contributed by atoms with Crippen LogP contribution in [0.1, 0.15) is 49.5 Å². The topological polar surface area (TPSA) is 142 Å². The minimum absolute atomic E-state index is 0.0640. The Morgan fingerprint density at radius 1 is 1.02 bits per heavy atom. The summed E-state index contributed by atoms with van der Waals surface area (Å²) < 4.78 is 55.3. The molecule has 44 heavy (non-hydrogen) atoms. The van der Waals surface area contributed by atoms with Crippen LogP contribution in [0.5, 0.6) is 0 Å². The number of nitrogens with zero attached hydrogens (tertiary/aromatic N) is 6. The molecule has 2 aromatic carbocycles. The summed E-state index contributed by atoms with van der Waals surface area (Å²) in [5.74, 6) is -0.741. The molecule has 0 radical (unpaired) electrons. The molecule has 0 saturated carbocycles. The summed E-state index contributed by atoms with van der Waals surface area (Å²) in [7, 11) is 0. The summed E-state index contributed by atoms with van der Waals surface area (Å²) in [6.07, 6.45) is -5.89. The second kappa shape index (κ2) is 12.9. The number of carbonyl (C=O) groups excluding carboxylic acids is 2. The summed E-state index contributed by atoms with van der Waals surface area (Å²) >= 11 is 0. The van der Waals surface area contributed by atoms with Crippen molar-refractivity contribution in [3.05, 3.63) is 83.3 Å². The van der Waals surface area contributed by atoms with Crippen molar-refractivity contribution in [3.63, 3.8) is 0 Å². The number of aromatic nitrogens is 5. The van der Waals surface area contributed by atoms with Crippen molar-refractivity contribution in [1.82, 2.24) is 25.0 Å². The first-order valence-electron chi connectivity index (χ1n) is 13.2. The van der Waals surface area contributed by atoms with Crippen LogP contribution in [-0.4, -0.2) is 43.7 Å². The number of alkyl halides is 3. The molecule has 4 aromatic rings. The molecular formula is C30H27F3N6O5. The van der Waals surface area contributed by atoms with E-state index in [-0.39, 0.29) is 36.0 Å². The van der Waals surface area contributed by atoms with Gasteiger partial charge in [0, 0.05) is 17.3 Å². The number of esters is 1. The highest BCUT2D eigenvalue weighted by atomic mass is 19.4. The van der Waals surface area contributed by atoms with Crippen LogP contribution >= 0.6 is 0 Å². The molecule has 0 aliphatic rings. The maximum Gasteiger partial charge on any atom is 0.510 e. The van der Waals surface area contributed by atoms with Gasteiger partial charge in [0.15, 0.2) is 11.5 Å². The van der Waals surface area contributed by atoms with Crippen LogP contribution in [0.2, 0.25) is 0 Å². The molecule has 0 bridgehead atoms. The largest absolute Gasteiger partial charge is 0.510 e. The number of rotatable bonds is 9. The van der Waals surface area contributed by atoms with Gasteiger partial charge in [-0.1, -0.05) is 30.3 Å². The summed E-state index contributed by atoms with van der Waals surface area (Å²) in [5.41, 5.74) is -0.243. The van der Waals surface area contributed by atoms with Crippen molar-refractivity contribution in [3.8, 4) is 28.7 Å². The lowest BCUT2D eigenvalue weighted by Crippen LogP contribution is -2.33. The zero-order valence-electron chi connectivity index (χ0n) is 24.1. The van der Waals surface area contributed by atoms with Gasteiger partial charge < -0.3 is 14.2 Å². The fourth-order valence-electron chi connectivity index (χ4n) is 3.90. The third-order valence-corrected chi connectivity index (χ3v) is 6.20. The molecule has 228 valence electrons. The van der Waals surface area contributed by atoms with Gasteiger partial charge in [-0.3, -0.25) is 4.79 Å². The Labute approximate surface area is 250 Å². The third-order valence-electron chi connectivity index (χ3n) is 6.20. The Hall–Kier alpha value is -5.32. The average Bonchev–Trinajstić information content (AvgIpc) is 3.44. The molecule has 2 aromatic heterocycles.